The number of benzene rings is 1. The molecule has 1 aromatic carbocycles. The smallest absolute Gasteiger partial charge is 0.103 e. The lowest BCUT2D eigenvalue weighted by Gasteiger charge is -2.14. The number of hydrogen-bond acceptors (Lipinski definition) is 4. The number of nitrogens with zero attached hydrogens (tertiary/aromatic N) is 1. The van der Waals surface area contributed by atoms with Gasteiger partial charge in [0.25, 0.3) is 0 Å². The molecule has 0 fully saturated rings. The van der Waals surface area contributed by atoms with E-state index in [2.05, 4.69) is 39.1 Å². The first-order chi connectivity index (χ1) is 8.86. The van der Waals surface area contributed by atoms with Crippen LogP contribution < -0.4 is 5.73 Å². The minimum atomic E-state index is 0.135. The summed E-state index contributed by atoms with van der Waals surface area (Å²) in [5.74, 6) is 0.922. The third-order valence-corrected chi connectivity index (χ3v) is 5.09. The SMILES string of the molecule is Cc1cc(N)ccc1SCc1nc(C(C)(C)C)cs1. The molecule has 0 radical (unpaired) electrons. The van der Waals surface area contributed by atoms with E-state index in [9.17, 15) is 0 Å². The molecule has 0 atom stereocenters. The van der Waals surface area contributed by atoms with Crippen molar-refractivity contribution in [2.45, 2.75) is 43.8 Å². The van der Waals surface area contributed by atoms with Gasteiger partial charge in [-0.25, -0.2) is 4.98 Å². The molecule has 2 rings (SSSR count). The first-order valence-corrected chi connectivity index (χ1v) is 8.16. The molecule has 0 aliphatic heterocycles. The van der Waals surface area contributed by atoms with Crippen molar-refractivity contribution in [2.75, 3.05) is 5.73 Å². The highest BCUT2D eigenvalue weighted by molar-refractivity contribution is 7.98. The maximum absolute atomic E-state index is 5.77. The lowest BCUT2D eigenvalue weighted by molar-refractivity contribution is 0.572. The summed E-state index contributed by atoms with van der Waals surface area (Å²) in [5.41, 5.74) is 9.14. The van der Waals surface area contributed by atoms with E-state index in [1.165, 1.54) is 21.2 Å². The number of thioether (sulfide) groups is 1. The van der Waals surface area contributed by atoms with Gasteiger partial charge in [-0.15, -0.1) is 23.1 Å². The van der Waals surface area contributed by atoms with Crippen LogP contribution in [0.5, 0.6) is 0 Å². The van der Waals surface area contributed by atoms with Crippen LogP contribution in [0.4, 0.5) is 5.69 Å². The normalized spacial score (nSPS) is 11.8. The van der Waals surface area contributed by atoms with Gasteiger partial charge >= 0.3 is 0 Å². The number of aryl methyl sites for hydroxylation is 1. The lowest BCUT2D eigenvalue weighted by atomic mass is 9.93. The second kappa shape index (κ2) is 5.55. The molecule has 1 aromatic heterocycles. The summed E-state index contributed by atoms with van der Waals surface area (Å²) in [6.07, 6.45) is 0. The van der Waals surface area contributed by atoms with Gasteiger partial charge in [-0.2, -0.15) is 0 Å². The van der Waals surface area contributed by atoms with Gasteiger partial charge < -0.3 is 5.73 Å². The first-order valence-electron chi connectivity index (χ1n) is 6.30. The fourth-order valence-electron chi connectivity index (χ4n) is 1.70. The lowest BCUT2D eigenvalue weighted by Crippen LogP contribution is -2.11. The zero-order valence-electron chi connectivity index (χ0n) is 11.9. The van der Waals surface area contributed by atoms with Crippen molar-refractivity contribution in [3.05, 3.63) is 39.8 Å². The predicted octanol–water partition coefficient (Wildman–Crippen LogP) is 4.62. The van der Waals surface area contributed by atoms with E-state index >= 15 is 0 Å². The molecule has 102 valence electrons. The van der Waals surface area contributed by atoms with Gasteiger partial charge in [0.1, 0.15) is 5.01 Å². The van der Waals surface area contributed by atoms with Crippen LogP contribution in [0.3, 0.4) is 0 Å². The maximum Gasteiger partial charge on any atom is 0.103 e. The number of aromatic nitrogens is 1. The molecule has 0 aliphatic rings. The highest BCUT2D eigenvalue weighted by Crippen LogP contribution is 2.30. The van der Waals surface area contributed by atoms with Gasteiger partial charge in [-0.3, -0.25) is 0 Å². The van der Waals surface area contributed by atoms with Crippen molar-refractivity contribution in [3.8, 4) is 0 Å². The Morgan fingerprint density at radius 3 is 2.63 bits per heavy atom. The van der Waals surface area contributed by atoms with Crippen LogP contribution in [0.2, 0.25) is 0 Å². The van der Waals surface area contributed by atoms with E-state index in [0.29, 0.717) is 0 Å². The van der Waals surface area contributed by atoms with Crippen LogP contribution in [0.15, 0.2) is 28.5 Å². The Morgan fingerprint density at radius 1 is 1.32 bits per heavy atom. The molecule has 0 unspecified atom stereocenters. The molecule has 1 heterocycles. The summed E-state index contributed by atoms with van der Waals surface area (Å²) in [4.78, 5) is 6.00. The zero-order valence-corrected chi connectivity index (χ0v) is 13.5. The van der Waals surface area contributed by atoms with Crippen molar-refractivity contribution >= 4 is 28.8 Å². The highest BCUT2D eigenvalue weighted by atomic mass is 32.2. The number of rotatable bonds is 3. The molecule has 4 heteroatoms. The summed E-state index contributed by atoms with van der Waals surface area (Å²) >= 11 is 3.57. The van der Waals surface area contributed by atoms with Gasteiger partial charge in [-0.05, 0) is 30.7 Å². The standard InChI is InChI=1S/C15H20N2S2/c1-10-7-11(16)5-6-12(10)18-9-14-17-13(8-19-14)15(2,3)4/h5-8H,9,16H2,1-4H3. The van der Waals surface area contributed by atoms with Crippen LogP contribution in [-0.2, 0) is 11.2 Å². The zero-order chi connectivity index (χ0) is 14.0. The fourth-order valence-corrected chi connectivity index (χ4v) is 3.74. The molecule has 2 N–H and O–H groups in total. The Morgan fingerprint density at radius 2 is 2.05 bits per heavy atom. The van der Waals surface area contributed by atoms with E-state index in [1.807, 2.05) is 23.9 Å². The number of hydrogen-bond donors (Lipinski definition) is 1. The van der Waals surface area contributed by atoms with Crippen LogP contribution in [-0.4, -0.2) is 4.98 Å². The Labute approximate surface area is 123 Å². The third kappa shape index (κ3) is 3.74. The van der Waals surface area contributed by atoms with Crippen LogP contribution in [0, 0.1) is 6.92 Å². The molecule has 19 heavy (non-hydrogen) atoms. The fraction of sp³-hybridized carbons (Fsp3) is 0.400. The van der Waals surface area contributed by atoms with Gasteiger partial charge in [-0.1, -0.05) is 20.8 Å². The highest BCUT2D eigenvalue weighted by Gasteiger charge is 2.17. The quantitative estimate of drug-likeness (QED) is 0.662. The van der Waals surface area contributed by atoms with Crippen LogP contribution in [0.1, 0.15) is 37.0 Å². The van der Waals surface area contributed by atoms with Gasteiger partial charge in [0.05, 0.1) is 11.4 Å². The molecule has 0 saturated heterocycles. The van der Waals surface area contributed by atoms with Crippen LogP contribution >= 0.6 is 23.1 Å². The van der Waals surface area contributed by atoms with E-state index in [0.717, 1.165) is 11.4 Å². The van der Waals surface area contributed by atoms with Crippen molar-refractivity contribution < 1.29 is 0 Å². The van der Waals surface area contributed by atoms with Crippen molar-refractivity contribution in [3.63, 3.8) is 0 Å². The van der Waals surface area contributed by atoms with Crippen LogP contribution in [0.25, 0.3) is 0 Å². The molecular formula is C15H20N2S2. The van der Waals surface area contributed by atoms with Crippen molar-refractivity contribution in [2.24, 2.45) is 0 Å². The topological polar surface area (TPSA) is 38.9 Å². The molecule has 0 saturated carbocycles. The largest absolute Gasteiger partial charge is 0.399 e. The van der Waals surface area contributed by atoms with E-state index in [1.54, 1.807) is 11.3 Å². The molecule has 2 nitrogen and oxygen atoms in total. The van der Waals surface area contributed by atoms with E-state index < -0.39 is 0 Å². The first kappa shape index (κ1) is 14.4. The van der Waals surface area contributed by atoms with Crippen molar-refractivity contribution in [1.82, 2.24) is 4.98 Å². The van der Waals surface area contributed by atoms with Gasteiger partial charge in [0.15, 0.2) is 0 Å². The maximum atomic E-state index is 5.77. The second-order valence-corrected chi connectivity index (χ2v) is 7.65. The number of anilines is 1. The monoisotopic (exact) mass is 292 g/mol. The Balaban J connectivity index is 2.04. The average molecular weight is 292 g/mol. The number of thiazole rings is 1. The second-order valence-electron chi connectivity index (χ2n) is 5.69. The Kier molecular flexibility index (Phi) is 4.21. The molecule has 0 spiro atoms. The molecular weight excluding hydrogens is 272 g/mol. The number of nitrogen functional groups attached to an aromatic ring is 1. The van der Waals surface area contributed by atoms with E-state index in [-0.39, 0.29) is 5.41 Å². The molecule has 0 aliphatic carbocycles. The Bertz CT molecular complexity index is 568. The Hall–Kier alpha value is -1.00. The molecule has 2 aromatic rings. The number of nitrogens with two attached hydrogens (primary N) is 1. The van der Waals surface area contributed by atoms with Gasteiger partial charge in [0.2, 0.25) is 0 Å². The van der Waals surface area contributed by atoms with Gasteiger partial charge in [0, 0.05) is 21.4 Å². The summed E-state index contributed by atoms with van der Waals surface area (Å²) in [5, 5.41) is 3.36. The minimum Gasteiger partial charge on any atom is -0.399 e. The average Bonchev–Trinajstić information content (AvgIpc) is 2.76. The molecule has 0 amide bonds. The van der Waals surface area contributed by atoms with E-state index in [4.69, 9.17) is 10.7 Å². The van der Waals surface area contributed by atoms with Crippen molar-refractivity contribution in [1.29, 1.82) is 0 Å². The summed E-state index contributed by atoms with van der Waals surface area (Å²) in [7, 11) is 0. The predicted molar refractivity (Wildman–Crippen MR) is 86.0 cm³/mol. The summed E-state index contributed by atoms with van der Waals surface area (Å²) in [6.45, 7) is 8.69. The third-order valence-electron chi connectivity index (χ3n) is 2.87. The minimum absolute atomic E-state index is 0.135. The summed E-state index contributed by atoms with van der Waals surface area (Å²) < 4.78 is 0. The summed E-state index contributed by atoms with van der Waals surface area (Å²) in [6, 6.07) is 6.07. The molecule has 0 bridgehead atoms.